The molecule has 2 aromatic carbocycles. The summed E-state index contributed by atoms with van der Waals surface area (Å²) in [7, 11) is -2.37. The third-order valence-electron chi connectivity index (χ3n) is 3.79. The Bertz CT molecular complexity index is 516. The highest BCUT2D eigenvalue weighted by atomic mass is 28.4. The fourth-order valence-corrected chi connectivity index (χ4v) is 7.61. The van der Waals surface area contributed by atoms with Gasteiger partial charge in [-0.2, -0.15) is 0 Å². The topological polar surface area (TPSA) is 9.23 Å². The van der Waals surface area contributed by atoms with Crippen molar-refractivity contribution >= 4 is 18.7 Å². The molecule has 0 bridgehead atoms. The first-order valence-electron chi connectivity index (χ1n) is 7.50. The second kappa shape index (κ2) is 6.16. The average Bonchev–Trinajstić information content (AvgIpc) is 2.45. The van der Waals surface area contributed by atoms with Crippen molar-refractivity contribution in [2.75, 3.05) is 0 Å². The Morgan fingerprint density at radius 1 is 0.857 bits per heavy atom. The molecule has 1 nitrogen and oxygen atoms in total. The van der Waals surface area contributed by atoms with Crippen LogP contribution in [0.15, 0.2) is 60.7 Å². The molecule has 0 saturated heterocycles. The molecule has 0 aliphatic heterocycles. The Labute approximate surface area is 130 Å². The van der Waals surface area contributed by atoms with Gasteiger partial charge in [0.1, 0.15) is 0 Å². The van der Waals surface area contributed by atoms with E-state index in [9.17, 15) is 0 Å². The van der Waals surface area contributed by atoms with E-state index in [4.69, 9.17) is 4.43 Å². The van der Waals surface area contributed by atoms with Gasteiger partial charge in [-0.05, 0) is 29.3 Å². The molecule has 0 fully saturated rings. The first-order chi connectivity index (χ1) is 9.88. The Kier molecular flexibility index (Phi) is 4.69. The predicted octanol–water partition coefficient (Wildman–Crippen LogP) is 3.79. The van der Waals surface area contributed by atoms with Crippen molar-refractivity contribution in [3.8, 4) is 0 Å². The van der Waals surface area contributed by atoms with Crippen LogP contribution in [0.1, 0.15) is 27.7 Å². The van der Waals surface area contributed by atoms with Crippen molar-refractivity contribution in [1.82, 2.24) is 0 Å². The monoisotopic (exact) mass is 297 g/mol. The Balaban J connectivity index is 2.72. The van der Waals surface area contributed by atoms with Gasteiger partial charge in [-0.3, -0.25) is 0 Å². The maximum atomic E-state index is 6.60. The van der Waals surface area contributed by atoms with Crippen LogP contribution in [0.5, 0.6) is 0 Å². The molecule has 21 heavy (non-hydrogen) atoms. The van der Waals surface area contributed by atoms with E-state index in [1.165, 1.54) is 10.4 Å². The summed E-state index contributed by atoms with van der Waals surface area (Å²) in [6, 6.07) is 21.3. The number of benzene rings is 2. The third kappa shape index (κ3) is 3.12. The lowest BCUT2D eigenvalue weighted by Crippen LogP contribution is -2.67. The van der Waals surface area contributed by atoms with Crippen LogP contribution in [0, 0.1) is 6.92 Å². The van der Waals surface area contributed by atoms with Crippen molar-refractivity contribution < 1.29 is 4.43 Å². The lowest BCUT2D eigenvalue weighted by Gasteiger charge is -2.44. The first-order valence-corrected chi connectivity index (χ1v) is 9.41. The van der Waals surface area contributed by atoms with Crippen LogP contribution in [0.4, 0.5) is 0 Å². The van der Waals surface area contributed by atoms with Gasteiger partial charge in [0.05, 0.1) is 0 Å². The lowest BCUT2D eigenvalue weighted by molar-refractivity contribution is 0.250. The minimum Gasteiger partial charge on any atom is -0.405 e. The fourth-order valence-electron chi connectivity index (χ4n) is 2.99. The lowest BCUT2D eigenvalue weighted by atomic mass is 10.2. The Morgan fingerprint density at radius 2 is 1.24 bits per heavy atom. The van der Waals surface area contributed by atoms with Gasteiger partial charge >= 0.3 is 0 Å². The van der Waals surface area contributed by atoms with Crippen molar-refractivity contribution in [2.45, 2.75) is 38.8 Å². The van der Waals surface area contributed by atoms with Crippen LogP contribution in [0.25, 0.3) is 0 Å². The highest BCUT2D eigenvalue weighted by Gasteiger charge is 2.50. The molecule has 0 aliphatic rings. The molecule has 0 aliphatic carbocycles. The molecule has 111 valence electrons. The average molecular weight is 297 g/mol. The first kappa shape index (κ1) is 16.0. The molecule has 1 radical (unpaired) electrons. The standard InChI is InChI=1S/C19H25OSi/c1-16(2)20-21(19(3,4)5,17-12-8-6-9-13-17)18-14-10-7-11-15-18/h6-16H,1H2,2-5H3/t16-/m1/s1. The van der Waals surface area contributed by atoms with Gasteiger partial charge in [0.2, 0.25) is 0 Å². The molecule has 2 aromatic rings. The zero-order valence-corrected chi connectivity index (χ0v) is 14.5. The fraction of sp³-hybridized carbons (Fsp3) is 0.316. The molecule has 0 saturated carbocycles. The molecular formula is C19H25OSi. The van der Waals surface area contributed by atoms with Crippen LogP contribution < -0.4 is 10.4 Å². The molecule has 1 atom stereocenters. The minimum atomic E-state index is -2.37. The highest BCUT2D eigenvalue weighted by molar-refractivity contribution is 6.99. The summed E-state index contributed by atoms with van der Waals surface area (Å²) in [5, 5.41) is 2.64. The van der Waals surface area contributed by atoms with Crippen molar-refractivity contribution in [3.05, 3.63) is 67.6 Å². The summed E-state index contributed by atoms with van der Waals surface area (Å²) in [6.07, 6.45) is -0.0451. The molecule has 0 amide bonds. The third-order valence-corrected chi connectivity index (χ3v) is 8.96. The molecule has 0 N–H and O–H groups in total. The quantitative estimate of drug-likeness (QED) is 0.780. The predicted molar refractivity (Wildman–Crippen MR) is 93.5 cm³/mol. The highest BCUT2D eigenvalue weighted by Crippen LogP contribution is 2.37. The second-order valence-corrected chi connectivity index (χ2v) is 10.8. The zero-order chi connectivity index (χ0) is 15.5. The second-order valence-electron chi connectivity index (χ2n) is 6.59. The van der Waals surface area contributed by atoms with E-state index in [-0.39, 0.29) is 11.1 Å². The van der Waals surface area contributed by atoms with E-state index >= 15 is 0 Å². The SMILES string of the molecule is [CH2][C@H](C)O[Si](c1ccccc1)(c1ccccc1)C(C)(C)C. The normalized spacial score (nSPS) is 12.7. The van der Waals surface area contributed by atoms with Gasteiger partial charge in [0.15, 0.2) is 0 Å². The van der Waals surface area contributed by atoms with Gasteiger partial charge < -0.3 is 4.43 Å². The summed E-state index contributed by atoms with van der Waals surface area (Å²) >= 11 is 0. The minimum absolute atomic E-state index is 0.0294. The molecular weight excluding hydrogens is 272 g/mol. The molecule has 0 aromatic heterocycles. The number of hydrogen-bond acceptors (Lipinski definition) is 1. The smallest absolute Gasteiger partial charge is 0.261 e. The van der Waals surface area contributed by atoms with Gasteiger partial charge in [0, 0.05) is 6.10 Å². The zero-order valence-electron chi connectivity index (χ0n) is 13.5. The van der Waals surface area contributed by atoms with Gasteiger partial charge in [-0.1, -0.05) is 81.4 Å². The van der Waals surface area contributed by atoms with E-state index < -0.39 is 8.32 Å². The Hall–Kier alpha value is -1.38. The molecule has 0 unspecified atom stereocenters. The van der Waals surface area contributed by atoms with E-state index in [0.29, 0.717) is 0 Å². The van der Waals surface area contributed by atoms with Gasteiger partial charge in [-0.15, -0.1) is 0 Å². The van der Waals surface area contributed by atoms with Gasteiger partial charge in [-0.25, -0.2) is 0 Å². The van der Waals surface area contributed by atoms with E-state index in [1.807, 2.05) is 6.92 Å². The van der Waals surface area contributed by atoms with E-state index in [2.05, 4.69) is 88.4 Å². The van der Waals surface area contributed by atoms with E-state index in [1.54, 1.807) is 0 Å². The van der Waals surface area contributed by atoms with Crippen LogP contribution in [0.3, 0.4) is 0 Å². The van der Waals surface area contributed by atoms with Crippen LogP contribution in [-0.4, -0.2) is 14.4 Å². The molecule has 0 spiro atoms. The van der Waals surface area contributed by atoms with E-state index in [0.717, 1.165) is 0 Å². The Morgan fingerprint density at radius 3 is 1.52 bits per heavy atom. The summed E-state index contributed by atoms with van der Waals surface area (Å²) in [4.78, 5) is 0. The van der Waals surface area contributed by atoms with Crippen molar-refractivity contribution in [2.24, 2.45) is 0 Å². The molecule has 0 heterocycles. The van der Waals surface area contributed by atoms with Crippen LogP contribution >= 0.6 is 0 Å². The van der Waals surface area contributed by atoms with Gasteiger partial charge in [0.25, 0.3) is 8.32 Å². The van der Waals surface area contributed by atoms with Crippen molar-refractivity contribution in [1.29, 1.82) is 0 Å². The summed E-state index contributed by atoms with van der Waals surface area (Å²) in [5.41, 5.74) is 0. The molecule has 2 rings (SSSR count). The number of hydrogen-bond donors (Lipinski definition) is 0. The van der Waals surface area contributed by atoms with Crippen LogP contribution in [-0.2, 0) is 4.43 Å². The largest absolute Gasteiger partial charge is 0.405 e. The van der Waals surface area contributed by atoms with Crippen molar-refractivity contribution in [3.63, 3.8) is 0 Å². The number of rotatable bonds is 4. The summed E-state index contributed by atoms with van der Waals surface area (Å²) in [6.45, 7) is 13.0. The maximum absolute atomic E-state index is 6.60. The molecule has 2 heteroatoms. The maximum Gasteiger partial charge on any atom is 0.261 e. The summed E-state index contributed by atoms with van der Waals surface area (Å²) < 4.78 is 6.60. The summed E-state index contributed by atoms with van der Waals surface area (Å²) in [5.74, 6) is 0. The van der Waals surface area contributed by atoms with Crippen LogP contribution in [0.2, 0.25) is 5.04 Å².